The Morgan fingerprint density at radius 1 is 1.17 bits per heavy atom. The molecule has 0 atom stereocenters. The molecule has 1 aromatic carbocycles. The van der Waals surface area contributed by atoms with Gasteiger partial charge in [0.05, 0.1) is 17.5 Å². The summed E-state index contributed by atoms with van der Waals surface area (Å²) in [6.07, 6.45) is 0.381. The lowest BCUT2D eigenvalue weighted by atomic mass is 10.1. The van der Waals surface area contributed by atoms with Gasteiger partial charge in [0, 0.05) is 39.0 Å². The van der Waals surface area contributed by atoms with Crippen molar-refractivity contribution in [1.82, 2.24) is 19.8 Å². The Morgan fingerprint density at radius 2 is 1.83 bits per heavy atom. The van der Waals surface area contributed by atoms with Crippen molar-refractivity contribution in [1.29, 1.82) is 0 Å². The molecule has 0 aliphatic carbocycles. The zero-order chi connectivity index (χ0) is 17.3. The first kappa shape index (κ1) is 16.5. The van der Waals surface area contributed by atoms with E-state index in [1.807, 2.05) is 23.1 Å². The van der Waals surface area contributed by atoms with Crippen LogP contribution in [0, 0.1) is 0 Å². The number of carbonyl (C=O) groups is 2. The van der Waals surface area contributed by atoms with E-state index in [1.54, 1.807) is 11.8 Å². The summed E-state index contributed by atoms with van der Waals surface area (Å²) in [4.78, 5) is 35.4. The van der Waals surface area contributed by atoms with Crippen LogP contribution in [0.25, 0.3) is 11.0 Å². The molecule has 2 amide bonds. The summed E-state index contributed by atoms with van der Waals surface area (Å²) in [6, 6.07) is 5.95. The minimum atomic E-state index is 0.0766. The van der Waals surface area contributed by atoms with Gasteiger partial charge in [0.2, 0.25) is 11.8 Å². The number of nitrogens with zero attached hydrogens (tertiary/aromatic N) is 3. The van der Waals surface area contributed by atoms with Gasteiger partial charge in [-0.25, -0.2) is 4.98 Å². The molecule has 6 heteroatoms. The van der Waals surface area contributed by atoms with E-state index in [9.17, 15) is 9.59 Å². The van der Waals surface area contributed by atoms with E-state index in [0.717, 1.165) is 22.4 Å². The van der Waals surface area contributed by atoms with E-state index < -0.39 is 0 Å². The number of piperazine rings is 1. The van der Waals surface area contributed by atoms with Crippen LogP contribution in [0.4, 0.5) is 0 Å². The van der Waals surface area contributed by atoms with Gasteiger partial charge in [-0.3, -0.25) is 9.59 Å². The average Bonchev–Trinajstić information content (AvgIpc) is 2.98. The lowest BCUT2D eigenvalue weighted by Gasteiger charge is -2.34. The Bertz CT molecular complexity index is 757. The van der Waals surface area contributed by atoms with Crippen LogP contribution in [-0.2, 0) is 16.0 Å². The third-order valence-electron chi connectivity index (χ3n) is 4.54. The van der Waals surface area contributed by atoms with Crippen LogP contribution in [0.2, 0.25) is 0 Å². The summed E-state index contributed by atoms with van der Waals surface area (Å²) >= 11 is 0. The molecule has 1 aliphatic heterocycles. The van der Waals surface area contributed by atoms with Gasteiger partial charge in [-0.15, -0.1) is 0 Å². The van der Waals surface area contributed by atoms with Crippen molar-refractivity contribution in [2.24, 2.45) is 0 Å². The van der Waals surface area contributed by atoms with E-state index >= 15 is 0 Å². The van der Waals surface area contributed by atoms with Crippen molar-refractivity contribution < 1.29 is 9.59 Å². The molecule has 2 aromatic rings. The van der Waals surface area contributed by atoms with Crippen LogP contribution in [0.15, 0.2) is 18.2 Å². The number of carbonyl (C=O) groups excluding carboxylic acids is 2. The molecular weight excluding hydrogens is 304 g/mol. The number of nitrogens with one attached hydrogen (secondary N) is 1. The predicted octanol–water partition coefficient (Wildman–Crippen LogP) is 1.92. The summed E-state index contributed by atoms with van der Waals surface area (Å²) in [7, 11) is 0. The monoisotopic (exact) mass is 328 g/mol. The quantitative estimate of drug-likeness (QED) is 0.936. The topological polar surface area (TPSA) is 69.3 Å². The molecule has 128 valence electrons. The first-order valence-electron chi connectivity index (χ1n) is 8.46. The summed E-state index contributed by atoms with van der Waals surface area (Å²) in [5.41, 5.74) is 2.90. The maximum atomic E-state index is 12.5. The molecule has 0 radical (unpaired) electrons. The van der Waals surface area contributed by atoms with Crippen molar-refractivity contribution in [2.45, 2.75) is 33.1 Å². The summed E-state index contributed by atoms with van der Waals surface area (Å²) < 4.78 is 0. The molecule has 0 saturated carbocycles. The Hall–Kier alpha value is -2.37. The zero-order valence-electron chi connectivity index (χ0n) is 14.5. The lowest BCUT2D eigenvalue weighted by Crippen LogP contribution is -2.50. The number of hydrogen-bond donors (Lipinski definition) is 1. The normalized spacial score (nSPS) is 15.3. The molecule has 1 fully saturated rings. The molecule has 24 heavy (non-hydrogen) atoms. The van der Waals surface area contributed by atoms with Crippen LogP contribution in [-0.4, -0.2) is 57.8 Å². The van der Waals surface area contributed by atoms with E-state index in [-0.39, 0.29) is 11.8 Å². The summed E-state index contributed by atoms with van der Waals surface area (Å²) in [5, 5.41) is 0. The van der Waals surface area contributed by atoms with Crippen LogP contribution >= 0.6 is 0 Å². The highest BCUT2D eigenvalue weighted by molar-refractivity contribution is 5.82. The first-order chi connectivity index (χ1) is 11.4. The van der Waals surface area contributed by atoms with Gasteiger partial charge in [-0.2, -0.15) is 0 Å². The fraction of sp³-hybridized carbons (Fsp3) is 0.500. The minimum absolute atomic E-state index is 0.0766. The predicted molar refractivity (Wildman–Crippen MR) is 92.7 cm³/mol. The first-order valence-corrected chi connectivity index (χ1v) is 8.46. The SMILES string of the molecule is CC(=O)N1CCN(C(=O)Cc2ccc3nc(C(C)C)[nH]c3c2)CC1. The summed E-state index contributed by atoms with van der Waals surface area (Å²) in [6.45, 7) is 8.25. The third-order valence-corrected chi connectivity index (χ3v) is 4.54. The van der Waals surface area contributed by atoms with Gasteiger partial charge in [0.15, 0.2) is 0 Å². The molecule has 0 unspecified atom stereocenters. The highest BCUT2D eigenvalue weighted by Crippen LogP contribution is 2.19. The van der Waals surface area contributed by atoms with E-state index in [2.05, 4.69) is 23.8 Å². The van der Waals surface area contributed by atoms with Crippen molar-refractivity contribution in [2.75, 3.05) is 26.2 Å². The van der Waals surface area contributed by atoms with Gasteiger partial charge < -0.3 is 14.8 Å². The van der Waals surface area contributed by atoms with E-state index in [1.165, 1.54) is 0 Å². The molecule has 1 aromatic heterocycles. The van der Waals surface area contributed by atoms with E-state index in [0.29, 0.717) is 38.5 Å². The number of rotatable bonds is 3. The molecule has 0 bridgehead atoms. The largest absolute Gasteiger partial charge is 0.342 e. The van der Waals surface area contributed by atoms with Crippen molar-refractivity contribution in [3.05, 3.63) is 29.6 Å². The van der Waals surface area contributed by atoms with Gasteiger partial charge in [-0.1, -0.05) is 19.9 Å². The Morgan fingerprint density at radius 3 is 2.46 bits per heavy atom. The number of hydrogen-bond acceptors (Lipinski definition) is 3. The van der Waals surface area contributed by atoms with E-state index in [4.69, 9.17) is 0 Å². The number of amides is 2. The second-order valence-electron chi connectivity index (χ2n) is 6.69. The lowest BCUT2D eigenvalue weighted by molar-refractivity contribution is -0.138. The van der Waals surface area contributed by atoms with Crippen molar-refractivity contribution in [3.63, 3.8) is 0 Å². The van der Waals surface area contributed by atoms with Gasteiger partial charge in [0.1, 0.15) is 5.82 Å². The highest BCUT2D eigenvalue weighted by atomic mass is 16.2. The second kappa shape index (κ2) is 6.63. The Balaban J connectivity index is 1.66. The summed E-state index contributed by atoms with van der Waals surface area (Å²) in [5.74, 6) is 1.50. The zero-order valence-corrected chi connectivity index (χ0v) is 14.5. The molecule has 6 nitrogen and oxygen atoms in total. The minimum Gasteiger partial charge on any atom is -0.342 e. The molecule has 2 heterocycles. The number of fused-ring (bicyclic) bond motifs is 1. The van der Waals surface area contributed by atoms with Gasteiger partial charge in [0.25, 0.3) is 0 Å². The van der Waals surface area contributed by atoms with Crippen molar-refractivity contribution in [3.8, 4) is 0 Å². The molecule has 1 aliphatic rings. The number of aromatic nitrogens is 2. The number of aromatic amines is 1. The van der Waals surface area contributed by atoms with Gasteiger partial charge >= 0.3 is 0 Å². The average molecular weight is 328 g/mol. The fourth-order valence-corrected chi connectivity index (χ4v) is 3.02. The Labute approximate surface area is 141 Å². The Kier molecular flexibility index (Phi) is 4.55. The van der Waals surface area contributed by atoms with Crippen LogP contribution in [0.3, 0.4) is 0 Å². The fourth-order valence-electron chi connectivity index (χ4n) is 3.02. The van der Waals surface area contributed by atoms with Crippen molar-refractivity contribution >= 4 is 22.8 Å². The molecular formula is C18H24N4O2. The molecule has 0 spiro atoms. The van der Waals surface area contributed by atoms with Crippen LogP contribution in [0.5, 0.6) is 0 Å². The smallest absolute Gasteiger partial charge is 0.227 e. The third kappa shape index (κ3) is 3.42. The van der Waals surface area contributed by atoms with Gasteiger partial charge in [-0.05, 0) is 17.7 Å². The number of imidazole rings is 1. The standard InChI is InChI=1S/C18H24N4O2/c1-12(2)18-19-15-5-4-14(10-16(15)20-18)11-17(24)22-8-6-21(7-9-22)13(3)23/h4-5,10,12H,6-9,11H2,1-3H3,(H,19,20). The maximum absolute atomic E-state index is 12.5. The maximum Gasteiger partial charge on any atom is 0.227 e. The second-order valence-corrected chi connectivity index (χ2v) is 6.69. The van der Waals surface area contributed by atoms with Crippen LogP contribution < -0.4 is 0 Å². The number of benzene rings is 1. The number of H-pyrrole nitrogens is 1. The van der Waals surface area contributed by atoms with Crippen LogP contribution in [0.1, 0.15) is 38.1 Å². The molecule has 1 saturated heterocycles. The molecule has 1 N–H and O–H groups in total. The highest BCUT2D eigenvalue weighted by Gasteiger charge is 2.22. The molecule has 3 rings (SSSR count).